The van der Waals surface area contributed by atoms with E-state index in [1.807, 2.05) is 6.92 Å². The first-order valence-corrected chi connectivity index (χ1v) is 9.78. The molecule has 4 saturated carbocycles. The lowest BCUT2D eigenvalue weighted by Crippen LogP contribution is -2.57. The Hall–Kier alpha value is -0.120. The van der Waals surface area contributed by atoms with Gasteiger partial charge in [-0.3, -0.25) is 0 Å². The third-order valence-corrected chi connectivity index (χ3v) is 9.31. The van der Waals surface area contributed by atoms with Gasteiger partial charge in [-0.05, 0) is 87.4 Å². The number of aliphatic hydroxyl groups is 3. The lowest BCUT2D eigenvalue weighted by atomic mass is 9.44. The molecule has 0 heterocycles. The van der Waals surface area contributed by atoms with Crippen LogP contribution in [0.5, 0.6) is 0 Å². The molecule has 0 saturated heterocycles. The Bertz CT molecular complexity index is 489. The molecule has 0 aliphatic heterocycles. The fourth-order valence-electron chi connectivity index (χ4n) is 7.47. The predicted molar refractivity (Wildman–Crippen MR) is 89.7 cm³/mol. The lowest BCUT2D eigenvalue weighted by molar-refractivity contribution is -0.164. The monoisotopic (exact) mass is 322 g/mol. The van der Waals surface area contributed by atoms with Crippen LogP contribution >= 0.6 is 0 Å². The first kappa shape index (κ1) is 16.4. The van der Waals surface area contributed by atoms with Gasteiger partial charge in [-0.25, -0.2) is 0 Å². The minimum Gasteiger partial charge on any atom is -0.393 e. The number of hydrogen-bond donors (Lipinski definition) is 3. The maximum absolute atomic E-state index is 11.0. The molecule has 23 heavy (non-hydrogen) atoms. The van der Waals surface area contributed by atoms with Gasteiger partial charge in [0.25, 0.3) is 0 Å². The van der Waals surface area contributed by atoms with Crippen molar-refractivity contribution >= 4 is 0 Å². The largest absolute Gasteiger partial charge is 0.393 e. The van der Waals surface area contributed by atoms with Crippen molar-refractivity contribution in [1.82, 2.24) is 0 Å². The molecule has 0 amide bonds. The summed E-state index contributed by atoms with van der Waals surface area (Å²) in [7, 11) is 0. The van der Waals surface area contributed by atoms with Crippen LogP contribution in [-0.2, 0) is 0 Å². The summed E-state index contributed by atoms with van der Waals surface area (Å²) in [6, 6.07) is 0. The van der Waals surface area contributed by atoms with Crippen molar-refractivity contribution in [3.8, 4) is 0 Å². The van der Waals surface area contributed by atoms with Gasteiger partial charge < -0.3 is 15.3 Å². The third kappa shape index (κ3) is 1.99. The molecule has 4 aliphatic rings. The van der Waals surface area contributed by atoms with Crippen LogP contribution in [0.25, 0.3) is 0 Å². The van der Waals surface area contributed by atoms with Crippen LogP contribution in [0.2, 0.25) is 0 Å². The predicted octanol–water partition coefficient (Wildman–Crippen LogP) is 3.11. The maximum atomic E-state index is 11.0. The molecule has 3 N–H and O–H groups in total. The van der Waals surface area contributed by atoms with E-state index < -0.39 is 11.7 Å². The number of rotatable bonds is 0. The number of aliphatic hydroxyl groups excluding tert-OH is 2. The summed E-state index contributed by atoms with van der Waals surface area (Å²) in [6.07, 6.45) is 7.87. The maximum Gasteiger partial charge on any atom is 0.0933 e. The minimum atomic E-state index is -0.941. The van der Waals surface area contributed by atoms with Crippen LogP contribution in [0.15, 0.2) is 0 Å². The molecule has 1 unspecified atom stereocenters. The smallest absolute Gasteiger partial charge is 0.0933 e. The van der Waals surface area contributed by atoms with E-state index in [-0.39, 0.29) is 11.5 Å². The topological polar surface area (TPSA) is 60.7 Å². The molecule has 0 radical (unpaired) electrons. The summed E-state index contributed by atoms with van der Waals surface area (Å²) in [6.45, 7) is 6.57. The van der Waals surface area contributed by atoms with Crippen molar-refractivity contribution in [1.29, 1.82) is 0 Å². The Labute approximate surface area is 140 Å². The van der Waals surface area contributed by atoms with Crippen LogP contribution in [0.3, 0.4) is 0 Å². The van der Waals surface area contributed by atoms with Gasteiger partial charge in [-0.15, -0.1) is 0 Å². The van der Waals surface area contributed by atoms with Gasteiger partial charge >= 0.3 is 0 Å². The summed E-state index contributed by atoms with van der Waals surface area (Å²) in [5, 5.41) is 31.5. The van der Waals surface area contributed by atoms with Crippen molar-refractivity contribution in [3.05, 3.63) is 0 Å². The van der Waals surface area contributed by atoms with Crippen molar-refractivity contribution in [3.63, 3.8) is 0 Å². The molecule has 0 aromatic rings. The van der Waals surface area contributed by atoms with Gasteiger partial charge in [0.2, 0.25) is 0 Å². The standard InChI is InChI=1S/C20H34O3/c1-18-8-6-13(21)10-12(18)4-5-14-15(18)7-9-19(2)16(14)11-17(22)20(19,3)23/h12-17,21-23H,4-11H2,1-3H3/t12?,13-,14-,15+,16+,17-,18+,19+,20+/m1/s1. The number of hydrogen-bond acceptors (Lipinski definition) is 3. The molecular weight excluding hydrogens is 288 g/mol. The molecule has 3 heteroatoms. The van der Waals surface area contributed by atoms with Crippen LogP contribution in [0.4, 0.5) is 0 Å². The van der Waals surface area contributed by atoms with Crippen molar-refractivity contribution < 1.29 is 15.3 Å². The van der Waals surface area contributed by atoms with Gasteiger partial charge in [-0.2, -0.15) is 0 Å². The van der Waals surface area contributed by atoms with E-state index >= 15 is 0 Å². The fraction of sp³-hybridized carbons (Fsp3) is 1.00. The zero-order chi connectivity index (χ0) is 16.6. The highest BCUT2D eigenvalue weighted by molar-refractivity contribution is 5.15. The van der Waals surface area contributed by atoms with E-state index in [0.717, 1.165) is 32.1 Å². The van der Waals surface area contributed by atoms with E-state index in [1.165, 1.54) is 19.3 Å². The molecule has 0 aromatic carbocycles. The summed E-state index contributed by atoms with van der Waals surface area (Å²) in [4.78, 5) is 0. The second-order valence-electron chi connectivity index (χ2n) is 9.94. The summed E-state index contributed by atoms with van der Waals surface area (Å²) >= 11 is 0. The first-order valence-electron chi connectivity index (χ1n) is 9.78. The Morgan fingerprint density at radius 2 is 1.57 bits per heavy atom. The molecular formula is C20H34O3. The Morgan fingerprint density at radius 1 is 0.826 bits per heavy atom. The minimum absolute atomic E-state index is 0.0903. The van der Waals surface area contributed by atoms with Crippen LogP contribution < -0.4 is 0 Å². The highest BCUT2D eigenvalue weighted by atomic mass is 16.3. The molecule has 9 atom stereocenters. The summed E-state index contributed by atoms with van der Waals surface area (Å²) < 4.78 is 0. The van der Waals surface area contributed by atoms with Gasteiger partial charge in [0.1, 0.15) is 0 Å². The summed E-state index contributed by atoms with van der Waals surface area (Å²) in [5.41, 5.74) is -0.711. The average molecular weight is 322 g/mol. The normalized spacial score (nSPS) is 62.3. The quantitative estimate of drug-likeness (QED) is 0.642. The Balaban J connectivity index is 1.65. The van der Waals surface area contributed by atoms with E-state index in [1.54, 1.807) is 0 Å². The van der Waals surface area contributed by atoms with Gasteiger partial charge in [0.05, 0.1) is 17.8 Å². The summed E-state index contributed by atoms with van der Waals surface area (Å²) in [5.74, 6) is 2.49. The second-order valence-corrected chi connectivity index (χ2v) is 9.94. The van der Waals surface area contributed by atoms with Gasteiger partial charge in [0, 0.05) is 5.41 Å². The van der Waals surface area contributed by atoms with E-state index in [0.29, 0.717) is 29.1 Å². The van der Waals surface area contributed by atoms with E-state index in [4.69, 9.17) is 0 Å². The lowest BCUT2D eigenvalue weighted by Gasteiger charge is -2.61. The molecule has 4 aliphatic carbocycles. The van der Waals surface area contributed by atoms with Crippen molar-refractivity contribution in [2.75, 3.05) is 0 Å². The Kier molecular flexibility index (Phi) is 3.52. The molecule has 3 nitrogen and oxygen atoms in total. The van der Waals surface area contributed by atoms with Crippen LogP contribution in [0, 0.1) is 34.5 Å². The molecule has 0 bridgehead atoms. The van der Waals surface area contributed by atoms with Crippen LogP contribution in [0.1, 0.15) is 72.1 Å². The molecule has 0 spiro atoms. The molecule has 132 valence electrons. The van der Waals surface area contributed by atoms with Crippen LogP contribution in [-0.4, -0.2) is 33.1 Å². The first-order chi connectivity index (χ1) is 10.7. The van der Waals surface area contributed by atoms with Gasteiger partial charge in [-0.1, -0.05) is 13.8 Å². The second kappa shape index (κ2) is 4.95. The zero-order valence-corrected chi connectivity index (χ0v) is 15.0. The van der Waals surface area contributed by atoms with Crippen molar-refractivity contribution in [2.24, 2.45) is 34.5 Å². The van der Waals surface area contributed by atoms with Gasteiger partial charge in [0.15, 0.2) is 0 Å². The molecule has 0 aromatic heterocycles. The SMILES string of the molecule is C[C@]12CC[C@@H](O)CC1CC[C@@H]1[C@@H]2CC[C@@]2(C)[C@H]1C[C@@H](O)[C@]2(C)O. The highest BCUT2D eigenvalue weighted by Gasteiger charge is 2.66. The Morgan fingerprint density at radius 3 is 2.30 bits per heavy atom. The average Bonchev–Trinajstić information content (AvgIpc) is 2.67. The fourth-order valence-corrected chi connectivity index (χ4v) is 7.47. The molecule has 4 fully saturated rings. The van der Waals surface area contributed by atoms with E-state index in [9.17, 15) is 15.3 Å². The zero-order valence-electron chi connectivity index (χ0n) is 15.0. The third-order valence-electron chi connectivity index (χ3n) is 9.31. The molecule has 4 rings (SSSR count). The van der Waals surface area contributed by atoms with Crippen molar-refractivity contribution in [2.45, 2.75) is 89.9 Å². The highest BCUT2D eigenvalue weighted by Crippen LogP contribution is 2.68. The number of fused-ring (bicyclic) bond motifs is 5. The van der Waals surface area contributed by atoms with E-state index in [2.05, 4.69) is 13.8 Å².